The molecule has 0 spiro atoms. The van der Waals surface area contributed by atoms with Gasteiger partial charge in [0.25, 0.3) is 0 Å². The molecule has 1 aliphatic rings. The molecule has 0 aliphatic heterocycles. The maximum absolute atomic E-state index is 12.1. The summed E-state index contributed by atoms with van der Waals surface area (Å²) in [6, 6.07) is 0.643. The molecule has 1 rings (SSSR count). The second-order valence-electron chi connectivity index (χ2n) is 6.66. The van der Waals surface area contributed by atoms with Crippen molar-refractivity contribution in [3.05, 3.63) is 0 Å². The van der Waals surface area contributed by atoms with Crippen molar-refractivity contribution in [1.82, 2.24) is 10.2 Å². The van der Waals surface area contributed by atoms with E-state index in [1.54, 1.807) is 0 Å². The first kappa shape index (κ1) is 16.8. The number of nitrogens with zero attached hydrogens (tertiary/aromatic N) is 1. The van der Waals surface area contributed by atoms with Gasteiger partial charge >= 0.3 is 6.18 Å². The van der Waals surface area contributed by atoms with Crippen molar-refractivity contribution in [2.75, 3.05) is 20.1 Å². The van der Waals surface area contributed by atoms with Crippen LogP contribution in [-0.2, 0) is 0 Å². The Bertz CT molecular complexity index is 266. The molecule has 0 radical (unpaired) electrons. The zero-order valence-corrected chi connectivity index (χ0v) is 12.5. The number of hydrogen-bond donors (Lipinski definition) is 1. The predicted octanol–water partition coefficient (Wildman–Crippen LogP) is 3.43. The second-order valence-corrected chi connectivity index (χ2v) is 6.66. The van der Waals surface area contributed by atoms with E-state index in [4.69, 9.17) is 0 Å². The van der Waals surface area contributed by atoms with E-state index in [-0.39, 0.29) is 6.04 Å². The van der Waals surface area contributed by atoms with Gasteiger partial charge < -0.3 is 5.32 Å². The number of rotatable bonds is 5. The minimum absolute atomic E-state index is 0.133. The van der Waals surface area contributed by atoms with E-state index in [1.807, 2.05) is 14.0 Å². The van der Waals surface area contributed by atoms with Crippen molar-refractivity contribution in [1.29, 1.82) is 0 Å². The fourth-order valence-corrected chi connectivity index (χ4v) is 2.72. The summed E-state index contributed by atoms with van der Waals surface area (Å²) in [6.07, 6.45) is 0.572. The highest BCUT2D eigenvalue weighted by atomic mass is 19.4. The van der Waals surface area contributed by atoms with E-state index < -0.39 is 12.7 Å². The van der Waals surface area contributed by atoms with Crippen molar-refractivity contribution in [3.8, 4) is 0 Å². The van der Waals surface area contributed by atoms with Crippen LogP contribution in [0.1, 0.15) is 46.5 Å². The first-order valence-corrected chi connectivity index (χ1v) is 7.10. The normalized spacial score (nSPS) is 22.7. The maximum atomic E-state index is 12.1. The van der Waals surface area contributed by atoms with Gasteiger partial charge in [-0.2, -0.15) is 13.2 Å². The van der Waals surface area contributed by atoms with Gasteiger partial charge in [-0.3, -0.25) is 4.90 Å². The molecular formula is C14H27F3N2. The first-order valence-electron chi connectivity index (χ1n) is 7.10. The molecule has 0 amide bonds. The minimum Gasteiger partial charge on any atom is -0.307 e. The average Bonchev–Trinajstić information content (AvgIpc) is 2.26. The molecule has 0 heterocycles. The summed E-state index contributed by atoms with van der Waals surface area (Å²) >= 11 is 0. The molecule has 2 nitrogen and oxygen atoms in total. The monoisotopic (exact) mass is 280 g/mol. The molecule has 0 aromatic rings. The Balaban J connectivity index is 2.31. The van der Waals surface area contributed by atoms with Crippen LogP contribution in [0.5, 0.6) is 0 Å². The summed E-state index contributed by atoms with van der Waals surface area (Å²) in [4.78, 5) is 2.23. The number of hydrogen-bond acceptors (Lipinski definition) is 2. The summed E-state index contributed by atoms with van der Waals surface area (Å²) in [6.45, 7) is 6.05. The van der Waals surface area contributed by atoms with Crippen LogP contribution in [0, 0.1) is 5.41 Å². The molecular weight excluding hydrogens is 253 g/mol. The van der Waals surface area contributed by atoms with Crippen LogP contribution in [0.3, 0.4) is 0 Å². The maximum Gasteiger partial charge on any atom is 0.401 e. The number of alkyl halides is 3. The van der Waals surface area contributed by atoms with Gasteiger partial charge in [-0.25, -0.2) is 0 Å². The second kappa shape index (κ2) is 6.44. The van der Waals surface area contributed by atoms with Crippen LogP contribution >= 0.6 is 0 Å². The Kier molecular flexibility index (Phi) is 5.68. The largest absolute Gasteiger partial charge is 0.401 e. The Morgan fingerprint density at radius 2 is 1.79 bits per heavy atom. The van der Waals surface area contributed by atoms with Crippen LogP contribution in [0.15, 0.2) is 0 Å². The van der Waals surface area contributed by atoms with E-state index >= 15 is 0 Å². The third kappa shape index (κ3) is 6.13. The van der Waals surface area contributed by atoms with Gasteiger partial charge in [-0.15, -0.1) is 0 Å². The molecule has 19 heavy (non-hydrogen) atoms. The third-order valence-corrected chi connectivity index (χ3v) is 4.35. The molecule has 5 heteroatoms. The van der Waals surface area contributed by atoms with Crippen molar-refractivity contribution in [3.63, 3.8) is 0 Å². The van der Waals surface area contributed by atoms with Gasteiger partial charge in [0.05, 0.1) is 6.54 Å². The highest BCUT2D eigenvalue weighted by Gasteiger charge is 2.31. The predicted molar refractivity (Wildman–Crippen MR) is 72.2 cm³/mol. The Hall–Kier alpha value is -0.290. The van der Waals surface area contributed by atoms with Gasteiger partial charge in [0.2, 0.25) is 0 Å². The van der Waals surface area contributed by atoms with Gasteiger partial charge in [0.15, 0.2) is 0 Å². The van der Waals surface area contributed by atoms with Crippen LogP contribution < -0.4 is 5.32 Å². The number of nitrogens with one attached hydrogen (secondary N) is 1. The van der Waals surface area contributed by atoms with Crippen molar-refractivity contribution in [2.24, 2.45) is 5.41 Å². The molecule has 114 valence electrons. The highest BCUT2D eigenvalue weighted by molar-refractivity contribution is 4.85. The standard InChI is InChI=1S/C14H27F3N2/c1-11(9-18-10-14(15,16)17)19(4)12-5-7-13(2,3)8-6-12/h11-12,18H,5-10H2,1-4H3. The van der Waals surface area contributed by atoms with E-state index in [2.05, 4.69) is 24.1 Å². The van der Waals surface area contributed by atoms with Crippen molar-refractivity contribution >= 4 is 0 Å². The summed E-state index contributed by atoms with van der Waals surface area (Å²) in [5.74, 6) is 0. The zero-order chi connectivity index (χ0) is 14.7. The molecule has 0 saturated heterocycles. The van der Waals surface area contributed by atoms with E-state index in [1.165, 1.54) is 12.8 Å². The van der Waals surface area contributed by atoms with Crippen LogP contribution in [0.4, 0.5) is 13.2 Å². The highest BCUT2D eigenvalue weighted by Crippen LogP contribution is 2.36. The lowest BCUT2D eigenvalue weighted by molar-refractivity contribution is -0.125. The van der Waals surface area contributed by atoms with Crippen LogP contribution in [-0.4, -0.2) is 43.3 Å². The fourth-order valence-electron chi connectivity index (χ4n) is 2.72. The smallest absolute Gasteiger partial charge is 0.307 e. The lowest BCUT2D eigenvalue weighted by Crippen LogP contribution is -2.47. The summed E-state index contributed by atoms with van der Waals surface area (Å²) < 4.78 is 36.2. The van der Waals surface area contributed by atoms with E-state index in [9.17, 15) is 13.2 Å². The number of halogens is 3. The lowest BCUT2D eigenvalue weighted by Gasteiger charge is -2.41. The molecule has 0 bridgehead atoms. The summed E-state index contributed by atoms with van der Waals surface area (Å²) in [7, 11) is 2.03. The average molecular weight is 280 g/mol. The van der Waals surface area contributed by atoms with Gasteiger partial charge in [-0.1, -0.05) is 13.8 Å². The third-order valence-electron chi connectivity index (χ3n) is 4.35. The summed E-state index contributed by atoms with van der Waals surface area (Å²) in [5.41, 5.74) is 0.426. The quantitative estimate of drug-likeness (QED) is 0.830. The van der Waals surface area contributed by atoms with Crippen molar-refractivity contribution < 1.29 is 13.2 Å². The molecule has 0 aromatic heterocycles. The summed E-state index contributed by atoms with van der Waals surface area (Å²) in [5, 5.41) is 2.49. The Labute approximate surface area is 114 Å². The van der Waals surface area contributed by atoms with Gasteiger partial charge in [0, 0.05) is 18.6 Å². The topological polar surface area (TPSA) is 15.3 Å². The van der Waals surface area contributed by atoms with E-state index in [0.29, 0.717) is 18.0 Å². The minimum atomic E-state index is -4.12. The first-order chi connectivity index (χ1) is 8.61. The molecule has 0 aromatic carbocycles. The molecule has 1 atom stereocenters. The zero-order valence-electron chi connectivity index (χ0n) is 12.5. The lowest BCUT2D eigenvalue weighted by atomic mass is 9.75. The van der Waals surface area contributed by atoms with Gasteiger partial charge in [-0.05, 0) is 45.1 Å². The van der Waals surface area contributed by atoms with Crippen LogP contribution in [0.25, 0.3) is 0 Å². The molecule has 1 saturated carbocycles. The van der Waals surface area contributed by atoms with E-state index in [0.717, 1.165) is 12.8 Å². The Morgan fingerprint density at radius 3 is 2.26 bits per heavy atom. The Morgan fingerprint density at radius 1 is 1.26 bits per heavy atom. The SMILES string of the molecule is CC(CNCC(F)(F)F)N(C)C1CCC(C)(C)CC1. The van der Waals surface area contributed by atoms with Crippen molar-refractivity contribution in [2.45, 2.75) is 64.7 Å². The molecule has 1 unspecified atom stereocenters. The molecule has 1 fully saturated rings. The molecule has 1 N–H and O–H groups in total. The number of likely N-dealkylation sites (N-methyl/N-ethyl adjacent to an activating group) is 1. The fraction of sp³-hybridized carbons (Fsp3) is 1.00. The molecule has 1 aliphatic carbocycles. The van der Waals surface area contributed by atoms with Crippen LogP contribution in [0.2, 0.25) is 0 Å². The van der Waals surface area contributed by atoms with Gasteiger partial charge in [0.1, 0.15) is 0 Å².